The Hall–Kier alpha value is -1.13. The van der Waals surface area contributed by atoms with Gasteiger partial charge in [0.05, 0.1) is 5.69 Å². The molecule has 3 nitrogen and oxygen atoms in total. The maximum Gasteiger partial charge on any atom is 0.107 e. The molecule has 0 atom stereocenters. The van der Waals surface area contributed by atoms with Crippen molar-refractivity contribution in [3.05, 3.63) is 39.8 Å². The minimum atomic E-state index is 0.760. The minimum Gasteiger partial charge on any atom is -0.345 e. The number of H-pyrrole nitrogens is 1. The highest BCUT2D eigenvalue weighted by atomic mass is 79.9. The van der Waals surface area contributed by atoms with Crippen LogP contribution >= 0.6 is 15.9 Å². The fourth-order valence-corrected chi connectivity index (χ4v) is 3.01. The van der Waals surface area contributed by atoms with E-state index in [2.05, 4.69) is 39.1 Å². The Bertz CT molecular complexity index is 574. The standard InChI is InChI=1S/C14H16BrN3/c15-11-5-3-4-9-10(11)8-12-14(9)18-13(17-12)6-1-2-7-16/h3-5H,1-2,6-8,16H2,(H,17,18). The number of fused-ring (bicyclic) bond motifs is 3. The van der Waals surface area contributed by atoms with Crippen LogP contribution < -0.4 is 5.73 Å². The fourth-order valence-electron chi connectivity index (χ4n) is 2.51. The molecule has 0 fully saturated rings. The van der Waals surface area contributed by atoms with E-state index in [4.69, 9.17) is 10.7 Å². The van der Waals surface area contributed by atoms with Crippen molar-refractivity contribution in [3.8, 4) is 11.3 Å². The number of nitrogens with two attached hydrogens (primary N) is 1. The lowest BCUT2D eigenvalue weighted by Crippen LogP contribution is -2.00. The molecule has 1 aromatic carbocycles. The SMILES string of the molecule is NCCCCc1nc2c([nH]1)Cc1c(Br)cccc1-2. The quantitative estimate of drug-likeness (QED) is 0.728. The van der Waals surface area contributed by atoms with E-state index in [1.54, 1.807) is 0 Å². The van der Waals surface area contributed by atoms with Gasteiger partial charge in [-0.1, -0.05) is 28.1 Å². The van der Waals surface area contributed by atoms with Gasteiger partial charge in [-0.3, -0.25) is 0 Å². The summed E-state index contributed by atoms with van der Waals surface area (Å²) in [7, 11) is 0. The molecule has 1 aliphatic carbocycles. The summed E-state index contributed by atoms with van der Waals surface area (Å²) in [5.41, 5.74) is 10.5. The highest BCUT2D eigenvalue weighted by molar-refractivity contribution is 9.10. The van der Waals surface area contributed by atoms with Crippen LogP contribution in [0.25, 0.3) is 11.3 Å². The first kappa shape index (κ1) is 11.9. The number of benzene rings is 1. The summed E-state index contributed by atoms with van der Waals surface area (Å²) in [5.74, 6) is 1.10. The van der Waals surface area contributed by atoms with Gasteiger partial charge in [-0.25, -0.2) is 4.98 Å². The maximum atomic E-state index is 5.51. The molecule has 3 rings (SSSR count). The first-order chi connectivity index (χ1) is 8.79. The predicted octanol–water partition coefficient (Wildman–Crippen LogP) is 3.02. The molecule has 0 amide bonds. The minimum absolute atomic E-state index is 0.760. The first-order valence-electron chi connectivity index (χ1n) is 6.35. The van der Waals surface area contributed by atoms with Gasteiger partial charge in [-0.15, -0.1) is 0 Å². The lowest BCUT2D eigenvalue weighted by molar-refractivity contribution is 0.721. The van der Waals surface area contributed by atoms with E-state index in [9.17, 15) is 0 Å². The van der Waals surface area contributed by atoms with Gasteiger partial charge in [-0.2, -0.15) is 0 Å². The monoisotopic (exact) mass is 305 g/mol. The fraction of sp³-hybridized carbons (Fsp3) is 0.357. The van der Waals surface area contributed by atoms with Crippen molar-refractivity contribution in [2.75, 3.05) is 6.54 Å². The summed E-state index contributed by atoms with van der Waals surface area (Å²) >= 11 is 3.61. The van der Waals surface area contributed by atoms with Crippen LogP contribution in [0.15, 0.2) is 22.7 Å². The topological polar surface area (TPSA) is 54.7 Å². The number of hydrogen-bond acceptors (Lipinski definition) is 2. The molecule has 0 radical (unpaired) electrons. The predicted molar refractivity (Wildman–Crippen MR) is 76.5 cm³/mol. The number of hydrogen-bond donors (Lipinski definition) is 2. The highest BCUT2D eigenvalue weighted by Crippen LogP contribution is 2.38. The van der Waals surface area contributed by atoms with Gasteiger partial charge in [0.15, 0.2) is 0 Å². The maximum absolute atomic E-state index is 5.51. The summed E-state index contributed by atoms with van der Waals surface area (Å²) in [6.07, 6.45) is 4.12. The lowest BCUT2D eigenvalue weighted by Gasteiger charge is -2.02. The van der Waals surface area contributed by atoms with Crippen molar-refractivity contribution in [2.24, 2.45) is 5.73 Å². The molecule has 4 heteroatoms. The summed E-state index contributed by atoms with van der Waals surface area (Å²) < 4.78 is 1.18. The molecule has 1 heterocycles. The van der Waals surface area contributed by atoms with E-state index >= 15 is 0 Å². The molecule has 94 valence electrons. The smallest absolute Gasteiger partial charge is 0.107 e. The van der Waals surface area contributed by atoms with Crippen molar-refractivity contribution in [1.82, 2.24) is 9.97 Å². The molecule has 0 saturated carbocycles. The van der Waals surface area contributed by atoms with E-state index in [1.165, 1.54) is 21.3 Å². The Balaban J connectivity index is 1.87. The van der Waals surface area contributed by atoms with E-state index in [-0.39, 0.29) is 0 Å². The van der Waals surface area contributed by atoms with E-state index < -0.39 is 0 Å². The number of imidazole rings is 1. The third-order valence-corrected chi connectivity index (χ3v) is 4.17. The summed E-state index contributed by atoms with van der Waals surface area (Å²) in [6, 6.07) is 6.31. The molecule has 18 heavy (non-hydrogen) atoms. The van der Waals surface area contributed by atoms with Gasteiger partial charge >= 0.3 is 0 Å². The van der Waals surface area contributed by atoms with Gasteiger partial charge in [-0.05, 0) is 31.0 Å². The second kappa shape index (κ2) is 4.86. The number of unbranched alkanes of at least 4 members (excludes halogenated alkanes) is 1. The molecule has 1 aromatic heterocycles. The van der Waals surface area contributed by atoms with Crippen molar-refractivity contribution in [1.29, 1.82) is 0 Å². The van der Waals surface area contributed by atoms with Crippen molar-refractivity contribution in [3.63, 3.8) is 0 Å². The van der Waals surface area contributed by atoms with Crippen LogP contribution in [0.5, 0.6) is 0 Å². The van der Waals surface area contributed by atoms with Gasteiger partial charge in [0.2, 0.25) is 0 Å². The third kappa shape index (κ3) is 1.99. The molecule has 0 saturated heterocycles. The molecular weight excluding hydrogens is 290 g/mol. The average molecular weight is 306 g/mol. The van der Waals surface area contributed by atoms with Gasteiger partial charge in [0, 0.05) is 28.6 Å². The second-order valence-corrected chi connectivity index (χ2v) is 5.55. The van der Waals surface area contributed by atoms with Gasteiger partial charge < -0.3 is 10.7 Å². The third-order valence-electron chi connectivity index (χ3n) is 3.42. The largest absolute Gasteiger partial charge is 0.345 e. The van der Waals surface area contributed by atoms with Crippen molar-refractivity contribution < 1.29 is 0 Å². The normalized spacial score (nSPS) is 12.6. The zero-order valence-electron chi connectivity index (χ0n) is 10.2. The number of aromatic amines is 1. The highest BCUT2D eigenvalue weighted by Gasteiger charge is 2.23. The lowest BCUT2D eigenvalue weighted by atomic mass is 10.1. The van der Waals surface area contributed by atoms with Gasteiger partial charge in [0.25, 0.3) is 0 Å². The van der Waals surface area contributed by atoms with Crippen molar-refractivity contribution in [2.45, 2.75) is 25.7 Å². The zero-order chi connectivity index (χ0) is 12.5. The molecule has 0 spiro atoms. The van der Waals surface area contributed by atoms with E-state index in [1.807, 2.05) is 0 Å². The summed E-state index contributed by atoms with van der Waals surface area (Å²) in [4.78, 5) is 8.18. The first-order valence-corrected chi connectivity index (χ1v) is 7.14. The van der Waals surface area contributed by atoms with Crippen LogP contribution in [0.2, 0.25) is 0 Å². The Morgan fingerprint density at radius 2 is 2.22 bits per heavy atom. The van der Waals surface area contributed by atoms with Crippen molar-refractivity contribution >= 4 is 15.9 Å². The number of aromatic nitrogens is 2. The van der Waals surface area contributed by atoms with Gasteiger partial charge in [0.1, 0.15) is 5.82 Å². The molecule has 0 unspecified atom stereocenters. The van der Waals surface area contributed by atoms with Crippen LogP contribution in [0.1, 0.15) is 29.9 Å². The number of rotatable bonds is 4. The van der Waals surface area contributed by atoms with Crippen LogP contribution in [0.3, 0.4) is 0 Å². The summed E-state index contributed by atoms with van der Waals surface area (Å²) in [5, 5.41) is 0. The van der Waals surface area contributed by atoms with Crippen LogP contribution in [0.4, 0.5) is 0 Å². The molecule has 2 aromatic rings. The number of nitrogens with zero attached hydrogens (tertiary/aromatic N) is 1. The molecule has 3 N–H and O–H groups in total. The van der Waals surface area contributed by atoms with Crippen LogP contribution in [-0.2, 0) is 12.8 Å². The van der Waals surface area contributed by atoms with E-state index in [0.717, 1.165) is 43.7 Å². The van der Waals surface area contributed by atoms with E-state index in [0.29, 0.717) is 0 Å². The Labute approximate surface area is 115 Å². The molecule has 0 aliphatic heterocycles. The van der Waals surface area contributed by atoms with Crippen LogP contribution in [0, 0.1) is 0 Å². The number of halogens is 1. The molecule has 0 bridgehead atoms. The number of nitrogens with one attached hydrogen (secondary N) is 1. The van der Waals surface area contributed by atoms with Crippen LogP contribution in [-0.4, -0.2) is 16.5 Å². The zero-order valence-corrected chi connectivity index (χ0v) is 11.8. The average Bonchev–Trinajstić information content (AvgIpc) is 2.88. The molecular formula is C14H16BrN3. The second-order valence-electron chi connectivity index (χ2n) is 4.70. The Morgan fingerprint density at radius 1 is 1.33 bits per heavy atom. The Kier molecular flexibility index (Phi) is 3.22. The molecule has 1 aliphatic rings. The Morgan fingerprint density at radius 3 is 3.06 bits per heavy atom. The number of aryl methyl sites for hydroxylation is 1. The summed E-state index contributed by atoms with van der Waals surface area (Å²) in [6.45, 7) is 0.760.